The number of hydrogen-bond donors (Lipinski definition) is 0. The van der Waals surface area contributed by atoms with E-state index in [4.69, 9.17) is 4.43 Å². The van der Waals surface area contributed by atoms with Crippen LogP contribution in [0.3, 0.4) is 0 Å². The van der Waals surface area contributed by atoms with E-state index in [1.54, 1.807) is 0 Å². The molecule has 0 saturated heterocycles. The van der Waals surface area contributed by atoms with Crippen LogP contribution >= 0.6 is 0 Å². The molecule has 0 aromatic rings. The first-order valence-corrected chi connectivity index (χ1v) is 12.9. The van der Waals surface area contributed by atoms with Crippen LogP contribution in [0.5, 0.6) is 0 Å². The summed E-state index contributed by atoms with van der Waals surface area (Å²) in [5.74, 6) is 3.13. The lowest BCUT2D eigenvalue weighted by Crippen LogP contribution is -2.44. The molecule has 0 aliphatic heterocycles. The molecule has 0 heterocycles. The summed E-state index contributed by atoms with van der Waals surface area (Å²) in [6, 6.07) is 0. The van der Waals surface area contributed by atoms with Gasteiger partial charge in [0.2, 0.25) is 0 Å². The smallest absolute Gasteiger partial charge is 0.193 e. The molecule has 0 radical (unpaired) electrons. The molecule has 0 N–H and O–H groups in total. The largest absolute Gasteiger partial charge is 0.406 e. The van der Waals surface area contributed by atoms with Gasteiger partial charge in [0.25, 0.3) is 0 Å². The predicted molar refractivity (Wildman–Crippen MR) is 83.9 cm³/mol. The van der Waals surface area contributed by atoms with Crippen molar-refractivity contribution in [1.29, 1.82) is 0 Å². The number of aldehydes is 1. The summed E-state index contributed by atoms with van der Waals surface area (Å²) in [6.07, 6.45) is 1.06. The van der Waals surface area contributed by atoms with Crippen molar-refractivity contribution in [2.24, 2.45) is 0 Å². The molecular formula is C14H28O2Si2. The fourth-order valence-electron chi connectivity index (χ4n) is 1.09. The SMILES string of the molecule is CC(C)(C)[Si](C)(C)O[C@@H](C=O)CC#C[Si](C)(C)C. The second-order valence-electron chi connectivity index (χ2n) is 7.31. The van der Waals surface area contributed by atoms with E-state index >= 15 is 0 Å². The molecule has 0 rings (SSSR count). The first-order chi connectivity index (χ1) is 7.89. The molecule has 0 bridgehead atoms. The molecule has 0 aliphatic rings. The van der Waals surface area contributed by atoms with Gasteiger partial charge in [-0.1, -0.05) is 40.4 Å². The third-order valence-electron chi connectivity index (χ3n) is 3.17. The fraction of sp³-hybridized carbons (Fsp3) is 0.786. The molecule has 1 atom stereocenters. The van der Waals surface area contributed by atoms with E-state index in [0.717, 1.165) is 6.29 Å². The van der Waals surface area contributed by atoms with E-state index < -0.39 is 16.4 Å². The summed E-state index contributed by atoms with van der Waals surface area (Å²) in [4.78, 5) is 11.1. The van der Waals surface area contributed by atoms with Crippen LogP contribution in [-0.2, 0) is 9.22 Å². The van der Waals surface area contributed by atoms with Crippen LogP contribution in [0.1, 0.15) is 27.2 Å². The standard InChI is InChI=1S/C14H28O2Si2/c1-14(2,3)18(7,8)16-13(12-15)10-9-11-17(4,5)6/h12-13H,10H2,1-8H3/t13-/m1/s1. The van der Waals surface area contributed by atoms with Crippen molar-refractivity contribution in [3.8, 4) is 11.5 Å². The monoisotopic (exact) mass is 284 g/mol. The van der Waals surface area contributed by atoms with E-state index in [1.165, 1.54) is 0 Å². The fourth-order valence-corrected chi connectivity index (χ4v) is 2.97. The summed E-state index contributed by atoms with van der Waals surface area (Å²) in [6.45, 7) is 17.4. The van der Waals surface area contributed by atoms with E-state index in [2.05, 4.69) is 65.0 Å². The number of carbonyl (C=O) groups excluding carboxylic acids is 1. The quantitative estimate of drug-likeness (QED) is 0.445. The van der Waals surface area contributed by atoms with Crippen molar-refractivity contribution in [3.63, 3.8) is 0 Å². The first-order valence-electron chi connectivity index (χ1n) is 6.52. The minimum atomic E-state index is -1.87. The molecule has 0 fully saturated rings. The van der Waals surface area contributed by atoms with Crippen molar-refractivity contribution < 1.29 is 9.22 Å². The Morgan fingerprint density at radius 2 is 1.67 bits per heavy atom. The molecular weight excluding hydrogens is 256 g/mol. The van der Waals surface area contributed by atoms with E-state index in [-0.39, 0.29) is 11.1 Å². The first kappa shape index (κ1) is 17.6. The highest BCUT2D eigenvalue weighted by Crippen LogP contribution is 2.37. The summed E-state index contributed by atoms with van der Waals surface area (Å²) < 4.78 is 6.05. The molecule has 0 aromatic carbocycles. The minimum absolute atomic E-state index is 0.125. The minimum Gasteiger partial charge on any atom is -0.406 e. The normalized spacial score (nSPS) is 14.7. The summed E-state index contributed by atoms with van der Waals surface area (Å²) in [5.41, 5.74) is 3.28. The Labute approximate surface area is 115 Å². The highest BCUT2D eigenvalue weighted by Gasteiger charge is 2.38. The maximum Gasteiger partial charge on any atom is 0.193 e. The van der Waals surface area contributed by atoms with Crippen molar-refractivity contribution in [2.75, 3.05) is 0 Å². The molecule has 2 nitrogen and oxygen atoms in total. The number of rotatable bonds is 4. The van der Waals surface area contributed by atoms with Gasteiger partial charge in [0.1, 0.15) is 20.5 Å². The van der Waals surface area contributed by atoms with Crippen LogP contribution in [-0.4, -0.2) is 28.8 Å². The summed E-state index contributed by atoms with van der Waals surface area (Å²) in [7, 11) is -3.23. The van der Waals surface area contributed by atoms with Crippen molar-refractivity contribution in [2.45, 2.75) is 71.1 Å². The molecule has 0 spiro atoms. The maximum absolute atomic E-state index is 11.1. The molecule has 0 aromatic heterocycles. The molecule has 18 heavy (non-hydrogen) atoms. The Bertz CT molecular complexity index is 338. The highest BCUT2D eigenvalue weighted by atomic mass is 28.4. The van der Waals surface area contributed by atoms with Gasteiger partial charge in [0, 0.05) is 6.42 Å². The van der Waals surface area contributed by atoms with Gasteiger partial charge in [-0.25, -0.2) is 0 Å². The maximum atomic E-state index is 11.1. The predicted octanol–water partition coefficient (Wildman–Crippen LogP) is 3.85. The van der Waals surface area contributed by atoms with E-state index in [9.17, 15) is 4.79 Å². The zero-order chi connectivity index (χ0) is 14.6. The lowest BCUT2D eigenvalue weighted by Gasteiger charge is -2.37. The van der Waals surface area contributed by atoms with Crippen LogP contribution in [0, 0.1) is 11.5 Å². The molecule has 4 heteroatoms. The second-order valence-corrected chi connectivity index (χ2v) is 16.8. The number of hydrogen-bond acceptors (Lipinski definition) is 2. The van der Waals surface area contributed by atoms with Crippen molar-refractivity contribution in [1.82, 2.24) is 0 Å². The van der Waals surface area contributed by atoms with Crippen LogP contribution in [0.15, 0.2) is 0 Å². The zero-order valence-corrected chi connectivity index (χ0v) is 15.2. The Morgan fingerprint density at radius 1 is 1.17 bits per heavy atom. The third kappa shape index (κ3) is 6.53. The van der Waals surface area contributed by atoms with Crippen molar-refractivity contribution in [3.05, 3.63) is 0 Å². The van der Waals surface area contributed by atoms with Gasteiger partial charge in [-0.2, -0.15) is 0 Å². The lowest BCUT2D eigenvalue weighted by atomic mass is 10.2. The van der Waals surface area contributed by atoms with Crippen LogP contribution in [0.2, 0.25) is 37.8 Å². The van der Waals surface area contributed by atoms with Gasteiger partial charge < -0.3 is 9.22 Å². The van der Waals surface area contributed by atoms with Crippen molar-refractivity contribution >= 4 is 22.7 Å². The van der Waals surface area contributed by atoms with Gasteiger partial charge >= 0.3 is 0 Å². The second kappa shape index (κ2) is 6.18. The van der Waals surface area contributed by atoms with Crippen LogP contribution in [0.4, 0.5) is 0 Å². The average Bonchev–Trinajstić information content (AvgIpc) is 2.12. The average molecular weight is 285 g/mol. The molecule has 0 saturated carbocycles. The van der Waals surface area contributed by atoms with Gasteiger partial charge in [0.15, 0.2) is 8.32 Å². The van der Waals surface area contributed by atoms with Crippen LogP contribution in [0.25, 0.3) is 0 Å². The Morgan fingerprint density at radius 3 is 2.00 bits per heavy atom. The van der Waals surface area contributed by atoms with Crippen LogP contribution < -0.4 is 0 Å². The Balaban J connectivity index is 4.63. The summed E-state index contributed by atoms with van der Waals surface area (Å²) in [5, 5.41) is 0.125. The van der Waals surface area contributed by atoms with Gasteiger partial charge in [-0.05, 0) is 18.1 Å². The van der Waals surface area contributed by atoms with E-state index in [0.29, 0.717) is 6.42 Å². The van der Waals surface area contributed by atoms with E-state index in [1.807, 2.05) is 0 Å². The third-order valence-corrected chi connectivity index (χ3v) is 8.60. The zero-order valence-electron chi connectivity index (χ0n) is 13.2. The Hall–Kier alpha value is -0.376. The summed E-state index contributed by atoms with van der Waals surface area (Å²) >= 11 is 0. The molecule has 0 aliphatic carbocycles. The lowest BCUT2D eigenvalue weighted by molar-refractivity contribution is -0.113. The molecule has 0 amide bonds. The highest BCUT2D eigenvalue weighted by molar-refractivity contribution is 6.83. The van der Waals surface area contributed by atoms with Gasteiger partial charge in [-0.3, -0.25) is 0 Å². The topological polar surface area (TPSA) is 26.3 Å². The molecule has 104 valence electrons. The molecule has 0 unspecified atom stereocenters. The Kier molecular flexibility index (Phi) is 6.05. The number of carbonyl (C=O) groups is 1. The van der Waals surface area contributed by atoms with Gasteiger partial charge in [0.05, 0.1) is 0 Å². The van der Waals surface area contributed by atoms with Gasteiger partial charge in [-0.15, -0.1) is 11.5 Å².